The van der Waals surface area contributed by atoms with Gasteiger partial charge in [-0.1, -0.05) is 19.4 Å². The zero-order chi connectivity index (χ0) is 20.9. The fourth-order valence-corrected chi connectivity index (χ4v) is 4.87. The molecule has 0 spiro atoms. The lowest BCUT2D eigenvalue weighted by Gasteiger charge is -2.36. The Labute approximate surface area is 163 Å². The Morgan fingerprint density at radius 3 is 2.68 bits per heavy atom. The number of sulfonamides is 1. The van der Waals surface area contributed by atoms with Gasteiger partial charge in [-0.25, -0.2) is 8.42 Å². The van der Waals surface area contributed by atoms with E-state index in [1.54, 1.807) is 6.92 Å². The molecule has 0 aliphatic carbocycles. The molecule has 1 N–H and O–H groups in total. The minimum Gasteiger partial charge on any atom is -0.406 e. The number of nitrogens with one attached hydrogen (secondary N) is 1. The molecular formula is C18H25F3N2O4S. The van der Waals surface area contributed by atoms with Gasteiger partial charge in [0, 0.05) is 25.2 Å². The highest BCUT2D eigenvalue weighted by atomic mass is 32.2. The topological polar surface area (TPSA) is 75.7 Å². The van der Waals surface area contributed by atoms with Crippen LogP contribution in [0.3, 0.4) is 0 Å². The number of ether oxygens (including phenoxy) is 1. The smallest absolute Gasteiger partial charge is 0.406 e. The van der Waals surface area contributed by atoms with Crippen LogP contribution in [-0.4, -0.2) is 44.1 Å². The van der Waals surface area contributed by atoms with Gasteiger partial charge in [0.25, 0.3) is 0 Å². The lowest BCUT2D eigenvalue weighted by molar-refractivity contribution is -0.274. The van der Waals surface area contributed by atoms with Crippen molar-refractivity contribution in [2.24, 2.45) is 5.92 Å². The fraction of sp³-hybridized carbons (Fsp3) is 0.611. The number of hydrogen-bond donors (Lipinski definition) is 1. The molecule has 0 radical (unpaired) electrons. The van der Waals surface area contributed by atoms with Crippen molar-refractivity contribution in [2.45, 2.75) is 56.8 Å². The van der Waals surface area contributed by atoms with E-state index >= 15 is 0 Å². The molecule has 1 aliphatic rings. The lowest BCUT2D eigenvalue weighted by atomic mass is 9.94. The van der Waals surface area contributed by atoms with Crippen LogP contribution in [0.25, 0.3) is 0 Å². The number of unbranched alkanes of at least 4 members (excludes halogenated alkanes) is 1. The van der Waals surface area contributed by atoms with Crippen molar-refractivity contribution in [3.05, 3.63) is 24.3 Å². The van der Waals surface area contributed by atoms with Crippen LogP contribution in [0.15, 0.2) is 29.2 Å². The molecule has 2 unspecified atom stereocenters. The third-order valence-electron chi connectivity index (χ3n) is 4.67. The van der Waals surface area contributed by atoms with Crippen molar-refractivity contribution in [3.63, 3.8) is 0 Å². The van der Waals surface area contributed by atoms with Crippen molar-refractivity contribution in [2.75, 3.05) is 13.1 Å². The molecule has 0 bridgehead atoms. The van der Waals surface area contributed by atoms with E-state index < -0.39 is 28.1 Å². The number of amides is 1. The number of nitrogens with zero attached hydrogens (tertiary/aromatic N) is 1. The molecule has 1 saturated heterocycles. The van der Waals surface area contributed by atoms with Gasteiger partial charge in [0.05, 0.1) is 10.8 Å². The monoisotopic (exact) mass is 422 g/mol. The van der Waals surface area contributed by atoms with E-state index in [0.717, 1.165) is 25.0 Å². The highest BCUT2D eigenvalue weighted by molar-refractivity contribution is 7.89. The van der Waals surface area contributed by atoms with Crippen molar-refractivity contribution in [1.82, 2.24) is 9.62 Å². The molecule has 6 nitrogen and oxygen atoms in total. The average Bonchev–Trinajstić information content (AvgIpc) is 2.61. The molecule has 0 aromatic heterocycles. The molecule has 158 valence electrons. The molecule has 1 aromatic carbocycles. The normalized spacial score (nSPS) is 21.3. The van der Waals surface area contributed by atoms with E-state index in [1.807, 2.05) is 6.92 Å². The molecule has 2 atom stereocenters. The van der Waals surface area contributed by atoms with Gasteiger partial charge in [0.15, 0.2) is 0 Å². The number of alkyl halides is 3. The van der Waals surface area contributed by atoms with Crippen molar-refractivity contribution >= 4 is 15.9 Å². The number of carbonyl (C=O) groups is 1. The molecular weight excluding hydrogens is 397 g/mol. The van der Waals surface area contributed by atoms with E-state index in [1.165, 1.54) is 16.4 Å². The van der Waals surface area contributed by atoms with Crippen LogP contribution in [0.4, 0.5) is 13.2 Å². The Hall–Kier alpha value is -1.81. The summed E-state index contributed by atoms with van der Waals surface area (Å²) in [5.74, 6) is -1.29. The second-order valence-electron chi connectivity index (χ2n) is 6.87. The van der Waals surface area contributed by atoms with Gasteiger partial charge in [0.1, 0.15) is 5.75 Å². The molecule has 10 heteroatoms. The summed E-state index contributed by atoms with van der Waals surface area (Å²) in [4.78, 5) is 12.0. The second-order valence-corrected chi connectivity index (χ2v) is 8.76. The maximum Gasteiger partial charge on any atom is 0.573 e. The maximum atomic E-state index is 13.0. The summed E-state index contributed by atoms with van der Waals surface area (Å²) in [5.41, 5.74) is 0. The van der Waals surface area contributed by atoms with Gasteiger partial charge in [-0.05, 0) is 38.3 Å². The first-order valence-electron chi connectivity index (χ1n) is 9.20. The summed E-state index contributed by atoms with van der Waals surface area (Å²) in [6.07, 6.45) is -2.10. The molecule has 28 heavy (non-hydrogen) atoms. The Morgan fingerprint density at radius 2 is 2.04 bits per heavy atom. The summed E-state index contributed by atoms with van der Waals surface area (Å²) in [5, 5.41) is 2.81. The molecule has 1 aliphatic heterocycles. The van der Waals surface area contributed by atoms with Crippen LogP contribution < -0.4 is 10.1 Å². The second kappa shape index (κ2) is 9.13. The molecule has 0 saturated carbocycles. The van der Waals surface area contributed by atoms with Crippen molar-refractivity contribution in [3.8, 4) is 5.75 Å². The van der Waals surface area contributed by atoms with Gasteiger partial charge in [-0.15, -0.1) is 13.2 Å². The number of rotatable bonds is 7. The molecule has 1 fully saturated rings. The molecule has 1 heterocycles. The average molecular weight is 422 g/mol. The number of benzene rings is 1. The summed E-state index contributed by atoms with van der Waals surface area (Å²) >= 11 is 0. The van der Waals surface area contributed by atoms with Gasteiger partial charge >= 0.3 is 6.36 Å². The quantitative estimate of drug-likeness (QED) is 0.685. The minimum absolute atomic E-state index is 0.00812. The number of carbonyl (C=O) groups excluding carboxylic acids is 1. The first-order chi connectivity index (χ1) is 13.0. The number of hydrogen-bond acceptors (Lipinski definition) is 4. The predicted octanol–water partition coefficient (Wildman–Crippen LogP) is 3.29. The largest absolute Gasteiger partial charge is 0.573 e. The van der Waals surface area contributed by atoms with E-state index in [9.17, 15) is 26.4 Å². The van der Waals surface area contributed by atoms with Crippen LogP contribution in [0.2, 0.25) is 0 Å². The third kappa shape index (κ3) is 5.84. The summed E-state index contributed by atoms with van der Waals surface area (Å²) in [6, 6.07) is 3.93. The van der Waals surface area contributed by atoms with Gasteiger partial charge in [0.2, 0.25) is 15.9 Å². The summed E-state index contributed by atoms with van der Waals surface area (Å²) in [6.45, 7) is 4.25. The Bertz CT molecular complexity index is 783. The SMILES string of the molecule is CCCCNC(=O)C1CCC(C)N(S(=O)(=O)c2cccc(OC(F)(F)F)c2)C1. The van der Waals surface area contributed by atoms with E-state index in [2.05, 4.69) is 10.1 Å². The summed E-state index contributed by atoms with van der Waals surface area (Å²) in [7, 11) is -4.07. The van der Waals surface area contributed by atoms with Crippen LogP contribution in [-0.2, 0) is 14.8 Å². The lowest BCUT2D eigenvalue weighted by Crippen LogP contribution is -2.49. The Kier molecular flexibility index (Phi) is 7.33. The fourth-order valence-electron chi connectivity index (χ4n) is 3.12. The first-order valence-corrected chi connectivity index (χ1v) is 10.6. The minimum atomic E-state index is -4.91. The van der Waals surface area contributed by atoms with Gasteiger partial charge < -0.3 is 10.1 Å². The standard InChI is InChI=1S/C18H25F3N2O4S/c1-3-4-10-22-17(24)14-9-8-13(2)23(12-14)28(25,26)16-7-5-6-15(11-16)27-18(19,20)21/h5-7,11,13-14H,3-4,8-10,12H2,1-2H3,(H,22,24). The van der Waals surface area contributed by atoms with Crippen molar-refractivity contribution < 1.29 is 31.1 Å². The van der Waals surface area contributed by atoms with Gasteiger partial charge in [-0.2, -0.15) is 4.31 Å². The zero-order valence-corrected chi connectivity index (χ0v) is 16.6. The number of halogens is 3. The molecule has 2 rings (SSSR count). The van der Waals surface area contributed by atoms with Crippen LogP contribution in [0.5, 0.6) is 5.75 Å². The Balaban J connectivity index is 2.19. The highest BCUT2D eigenvalue weighted by Gasteiger charge is 2.38. The highest BCUT2D eigenvalue weighted by Crippen LogP contribution is 2.31. The predicted molar refractivity (Wildman–Crippen MR) is 97.1 cm³/mol. The van der Waals surface area contributed by atoms with Crippen LogP contribution in [0, 0.1) is 5.92 Å². The third-order valence-corrected chi connectivity index (χ3v) is 6.65. The first kappa shape index (κ1) is 22.5. The van der Waals surface area contributed by atoms with E-state index in [4.69, 9.17) is 0 Å². The Morgan fingerprint density at radius 1 is 1.32 bits per heavy atom. The zero-order valence-electron chi connectivity index (χ0n) is 15.8. The molecule has 1 amide bonds. The van der Waals surface area contributed by atoms with Crippen LogP contribution >= 0.6 is 0 Å². The molecule has 1 aromatic rings. The van der Waals surface area contributed by atoms with Crippen LogP contribution in [0.1, 0.15) is 39.5 Å². The summed E-state index contributed by atoms with van der Waals surface area (Å²) < 4.78 is 68.3. The van der Waals surface area contributed by atoms with E-state index in [0.29, 0.717) is 19.4 Å². The van der Waals surface area contributed by atoms with Gasteiger partial charge in [-0.3, -0.25) is 4.79 Å². The maximum absolute atomic E-state index is 13.0. The van der Waals surface area contributed by atoms with E-state index in [-0.39, 0.29) is 23.4 Å². The number of piperidine rings is 1. The van der Waals surface area contributed by atoms with Crippen molar-refractivity contribution in [1.29, 1.82) is 0 Å².